The van der Waals surface area contributed by atoms with Crippen LogP contribution >= 0.6 is 7.82 Å². The third-order valence-corrected chi connectivity index (χ3v) is 2.81. The molecule has 0 heterocycles. The standard InChI is InChI=1S/C7H11O5P.C6H6/c1-3-5-10-13(9,12-7-8)11-6-4-2;1-2-4-6-5-3-1/h3-4,7H,1-2,5-6H2;1-6H. The molecular weight excluding hydrogens is 267 g/mol. The maximum atomic E-state index is 11.3. The molecule has 5 nitrogen and oxygen atoms in total. The second-order valence-electron chi connectivity index (χ2n) is 2.97. The van der Waals surface area contributed by atoms with Crippen molar-refractivity contribution < 1.29 is 22.9 Å². The van der Waals surface area contributed by atoms with Crippen LogP contribution in [0.15, 0.2) is 61.7 Å². The van der Waals surface area contributed by atoms with Crippen LogP contribution in [0.3, 0.4) is 0 Å². The van der Waals surface area contributed by atoms with Crippen LogP contribution in [-0.4, -0.2) is 19.7 Å². The molecule has 0 aliphatic carbocycles. The SMILES string of the molecule is C=CCOP(=O)(OC=O)OCC=C.c1ccccc1. The van der Waals surface area contributed by atoms with Crippen LogP contribution < -0.4 is 0 Å². The smallest absolute Gasteiger partial charge is 0.373 e. The molecule has 1 aromatic rings. The largest absolute Gasteiger partial charge is 0.532 e. The summed E-state index contributed by atoms with van der Waals surface area (Å²) in [6.07, 6.45) is 2.72. The summed E-state index contributed by atoms with van der Waals surface area (Å²) < 4.78 is 24.8. The van der Waals surface area contributed by atoms with E-state index in [0.29, 0.717) is 0 Å². The fourth-order valence-electron chi connectivity index (χ4n) is 0.824. The topological polar surface area (TPSA) is 61.8 Å². The van der Waals surface area contributed by atoms with Gasteiger partial charge in [0.25, 0.3) is 0 Å². The minimum Gasteiger partial charge on any atom is -0.373 e. The summed E-state index contributed by atoms with van der Waals surface area (Å²) in [6, 6.07) is 12.0. The minimum atomic E-state index is -3.76. The van der Waals surface area contributed by atoms with Gasteiger partial charge in [-0.15, -0.1) is 13.2 Å². The number of phosphoric ester groups is 1. The third-order valence-electron chi connectivity index (χ3n) is 1.54. The van der Waals surface area contributed by atoms with Gasteiger partial charge >= 0.3 is 14.3 Å². The van der Waals surface area contributed by atoms with Crippen molar-refractivity contribution >= 4 is 14.3 Å². The van der Waals surface area contributed by atoms with Gasteiger partial charge in [0.2, 0.25) is 0 Å². The van der Waals surface area contributed by atoms with Gasteiger partial charge in [-0.25, -0.2) is 4.57 Å². The Kier molecular flexibility index (Phi) is 10.4. The van der Waals surface area contributed by atoms with E-state index in [1.54, 1.807) is 0 Å². The highest BCUT2D eigenvalue weighted by molar-refractivity contribution is 7.49. The lowest BCUT2D eigenvalue weighted by molar-refractivity contribution is -0.122. The summed E-state index contributed by atoms with van der Waals surface area (Å²) in [7, 11) is -3.76. The summed E-state index contributed by atoms with van der Waals surface area (Å²) in [5.41, 5.74) is 0. The zero-order valence-corrected chi connectivity index (χ0v) is 11.4. The summed E-state index contributed by atoms with van der Waals surface area (Å²) >= 11 is 0. The highest BCUT2D eigenvalue weighted by atomic mass is 31.2. The van der Waals surface area contributed by atoms with Crippen molar-refractivity contribution in [2.45, 2.75) is 0 Å². The van der Waals surface area contributed by atoms with Gasteiger partial charge in [-0.3, -0.25) is 13.8 Å². The van der Waals surface area contributed by atoms with E-state index in [2.05, 4.69) is 26.7 Å². The van der Waals surface area contributed by atoms with Gasteiger partial charge in [-0.05, 0) is 0 Å². The lowest BCUT2D eigenvalue weighted by atomic mass is 10.4. The van der Waals surface area contributed by atoms with Crippen LogP contribution in [0.5, 0.6) is 0 Å². The first-order valence-electron chi connectivity index (χ1n) is 5.41. The maximum Gasteiger partial charge on any atom is 0.532 e. The van der Waals surface area contributed by atoms with E-state index in [9.17, 15) is 9.36 Å². The Hall–Kier alpha value is -1.68. The molecule has 0 unspecified atom stereocenters. The minimum absolute atomic E-state index is 0.00690. The first-order chi connectivity index (χ1) is 9.18. The Morgan fingerprint density at radius 3 is 1.53 bits per heavy atom. The summed E-state index contributed by atoms with van der Waals surface area (Å²) in [4.78, 5) is 9.94. The van der Waals surface area contributed by atoms with E-state index in [-0.39, 0.29) is 19.7 Å². The molecule has 0 saturated carbocycles. The highest BCUT2D eigenvalue weighted by Gasteiger charge is 2.26. The number of hydrogen-bond acceptors (Lipinski definition) is 5. The summed E-state index contributed by atoms with van der Waals surface area (Å²) in [5.74, 6) is 0. The molecule has 0 atom stereocenters. The van der Waals surface area contributed by atoms with E-state index in [0.717, 1.165) is 0 Å². The molecule has 1 rings (SSSR count). The van der Waals surface area contributed by atoms with Crippen LogP contribution in [0.25, 0.3) is 0 Å². The fourth-order valence-corrected chi connectivity index (χ4v) is 1.70. The van der Waals surface area contributed by atoms with Crippen molar-refractivity contribution in [1.29, 1.82) is 0 Å². The fraction of sp³-hybridized carbons (Fsp3) is 0.154. The van der Waals surface area contributed by atoms with Crippen LogP contribution in [0.2, 0.25) is 0 Å². The second-order valence-corrected chi connectivity index (χ2v) is 4.59. The molecule has 0 N–H and O–H groups in total. The zero-order chi connectivity index (χ0) is 14.4. The van der Waals surface area contributed by atoms with Gasteiger partial charge < -0.3 is 4.52 Å². The molecule has 0 aromatic heterocycles. The van der Waals surface area contributed by atoms with Crippen LogP contribution in [0.1, 0.15) is 0 Å². The number of benzene rings is 1. The molecule has 0 aliphatic rings. The van der Waals surface area contributed by atoms with Crippen LogP contribution in [-0.2, 0) is 22.9 Å². The van der Waals surface area contributed by atoms with Gasteiger partial charge in [0, 0.05) is 0 Å². The van der Waals surface area contributed by atoms with Crippen molar-refractivity contribution in [2.24, 2.45) is 0 Å². The molecule has 0 fully saturated rings. The molecule has 6 heteroatoms. The predicted octanol–water partition coefficient (Wildman–Crippen LogP) is 3.36. The molecule has 19 heavy (non-hydrogen) atoms. The van der Waals surface area contributed by atoms with Gasteiger partial charge in [0.1, 0.15) is 0 Å². The number of hydrogen-bond donors (Lipinski definition) is 0. The molecule has 0 saturated heterocycles. The van der Waals surface area contributed by atoms with Crippen LogP contribution in [0, 0.1) is 0 Å². The molecule has 1 aromatic carbocycles. The molecule has 104 valence electrons. The third kappa shape index (κ3) is 9.97. The van der Waals surface area contributed by atoms with Gasteiger partial charge in [0.05, 0.1) is 13.2 Å². The number of rotatable bonds is 8. The van der Waals surface area contributed by atoms with Crippen molar-refractivity contribution in [2.75, 3.05) is 13.2 Å². The van der Waals surface area contributed by atoms with Crippen molar-refractivity contribution in [3.8, 4) is 0 Å². The quantitative estimate of drug-likeness (QED) is 0.416. The lowest BCUT2D eigenvalue weighted by Crippen LogP contribution is -1.99. The van der Waals surface area contributed by atoms with E-state index in [1.165, 1.54) is 12.2 Å². The molecule has 0 radical (unpaired) electrons. The molecular formula is C13H17O5P. The van der Waals surface area contributed by atoms with Crippen LogP contribution in [0.4, 0.5) is 0 Å². The Balaban J connectivity index is 0.000000443. The second kappa shape index (κ2) is 11.4. The predicted molar refractivity (Wildman–Crippen MR) is 73.5 cm³/mol. The van der Waals surface area contributed by atoms with E-state index in [1.807, 2.05) is 36.4 Å². The number of phosphoric acid groups is 1. The van der Waals surface area contributed by atoms with Gasteiger partial charge in [0.15, 0.2) is 0 Å². The molecule has 0 aliphatic heterocycles. The average molecular weight is 284 g/mol. The Bertz CT molecular complexity index is 362. The Morgan fingerprint density at radius 1 is 0.895 bits per heavy atom. The first kappa shape index (κ1) is 17.3. The highest BCUT2D eigenvalue weighted by Crippen LogP contribution is 2.48. The van der Waals surface area contributed by atoms with E-state index in [4.69, 9.17) is 0 Å². The number of carbonyl (C=O) groups is 1. The lowest BCUT2D eigenvalue weighted by Gasteiger charge is -2.12. The number of carbonyl (C=O) groups excluding carboxylic acids is 1. The van der Waals surface area contributed by atoms with Crippen molar-refractivity contribution in [3.63, 3.8) is 0 Å². The molecule has 0 bridgehead atoms. The van der Waals surface area contributed by atoms with Gasteiger partial charge in [-0.1, -0.05) is 48.6 Å². The summed E-state index contributed by atoms with van der Waals surface area (Å²) in [6.45, 7) is 6.63. The van der Waals surface area contributed by atoms with Gasteiger partial charge in [-0.2, -0.15) is 0 Å². The van der Waals surface area contributed by atoms with Crippen molar-refractivity contribution in [1.82, 2.24) is 0 Å². The molecule has 0 spiro atoms. The first-order valence-corrected chi connectivity index (χ1v) is 6.87. The maximum absolute atomic E-state index is 11.3. The average Bonchev–Trinajstić information content (AvgIpc) is 2.46. The Labute approximate surface area is 113 Å². The normalized spacial score (nSPS) is 9.68. The summed E-state index contributed by atoms with van der Waals surface area (Å²) in [5, 5.41) is 0. The van der Waals surface area contributed by atoms with Crippen molar-refractivity contribution in [3.05, 3.63) is 61.7 Å². The monoisotopic (exact) mass is 284 g/mol. The van der Waals surface area contributed by atoms with E-state index >= 15 is 0 Å². The zero-order valence-electron chi connectivity index (χ0n) is 10.5. The Morgan fingerprint density at radius 2 is 1.26 bits per heavy atom. The van der Waals surface area contributed by atoms with E-state index < -0.39 is 7.82 Å². The molecule has 0 amide bonds.